The van der Waals surface area contributed by atoms with Gasteiger partial charge in [0.05, 0.1) is 24.2 Å². The van der Waals surface area contributed by atoms with Gasteiger partial charge in [0.25, 0.3) is 0 Å². The highest BCUT2D eigenvalue weighted by Crippen LogP contribution is 2.30. The third kappa shape index (κ3) is 2.49. The highest BCUT2D eigenvalue weighted by Gasteiger charge is 2.21. The first kappa shape index (κ1) is 12.9. The highest BCUT2D eigenvalue weighted by atomic mass is 32.1. The van der Waals surface area contributed by atoms with E-state index in [9.17, 15) is 4.39 Å². The lowest BCUT2D eigenvalue weighted by Crippen LogP contribution is -2.22. The van der Waals surface area contributed by atoms with Gasteiger partial charge in [0, 0.05) is 5.56 Å². The quantitative estimate of drug-likeness (QED) is 0.903. The second-order valence-electron chi connectivity index (χ2n) is 3.67. The Kier molecular flexibility index (Phi) is 4.22. The van der Waals surface area contributed by atoms with E-state index in [1.165, 1.54) is 18.6 Å². The molecule has 1 unspecified atom stereocenters. The molecule has 0 radical (unpaired) electrons. The molecule has 1 aromatic carbocycles. The van der Waals surface area contributed by atoms with Crippen LogP contribution in [0.15, 0.2) is 24.4 Å². The molecule has 0 amide bonds. The molecular weight excluding hydrogens is 253 g/mol. The van der Waals surface area contributed by atoms with Crippen LogP contribution in [0.5, 0.6) is 5.75 Å². The molecule has 96 valence electrons. The first-order valence-electron chi connectivity index (χ1n) is 5.61. The standard InChI is InChI=1S/C12H14FN3OS/c1-3-14-12(10-7-15-16-18-10)8-5-4-6-9(17-2)11(8)13/h4-7,12,14H,3H2,1-2H3. The molecule has 0 saturated heterocycles. The molecule has 0 aliphatic carbocycles. The van der Waals surface area contributed by atoms with Crippen LogP contribution in [-0.2, 0) is 0 Å². The van der Waals surface area contributed by atoms with Crippen molar-refractivity contribution in [2.45, 2.75) is 13.0 Å². The summed E-state index contributed by atoms with van der Waals surface area (Å²) in [6, 6.07) is 4.87. The van der Waals surface area contributed by atoms with E-state index in [4.69, 9.17) is 4.74 Å². The second kappa shape index (κ2) is 5.88. The van der Waals surface area contributed by atoms with Gasteiger partial charge in [-0.05, 0) is 24.1 Å². The number of aromatic nitrogens is 2. The summed E-state index contributed by atoms with van der Waals surface area (Å²) in [5, 5.41) is 7.03. The van der Waals surface area contributed by atoms with E-state index >= 15 is 0 Å². The molecule has 6 heteroatoms. The lowest BCUT2D eigenvalue weighted by atomic mass is 10.0. The molecule has 4 nitrogen and oxygen atoms in total. The average Bonchev–Trinajstić information content (AvgIpc) is 2.90. The van der Waals surface area contributed by atoms with Gasteiger partial charge in [-0.15, -0.1) is 5.10 Å². The molecule has 1 N–H and O–H groups in total. The van der Waals surface area contributed by atoms with Gasteiger partial charge in [-0.25, -0.2) is 4.39 Å². The Bertz CT molecular complexity index is 504. The summed E-state index contributed by atoms with van der Waals surface area (Å²) in [7, 11) is 1.46. The number of hydrogen-bond donors (Lipinski definition) is 1. The van der Waals surface area contributed by atoms with Gasteiger partial charge >= 0.3 is 0 Å². The Balaban J connectivity index is 2.43. The number of nitrogens with one attached hydrogen (secondary N) is 1. The predicted octanol–water partition coefficient (Wildman–Crippen LogP) is 2.38. The number of rotatable bonds is 5. The Labute approximate surface area is 109 Å². The summed E-state index contributed by atoms with van der Waals surface area (Å²) >= 11 is 1.26. The minimum absolute atomic E-state index is 0.243. The van der Waals surface area contributed by atoms with Crippen LogP contribution in [0.25, 0.3) is 0 Å². The maximum atomic E-state index is 14.2. The van der Waals surface area contributed by atoms with Gasteiger partial charge in [0.2, 0.25) is 0 Å². The molecule has 0 fully saturated rings. The van der Waals surface area contributed by atoms with Crippen molar-refractivity contribution in [3.05, 3.63) is 40.7 Å². The van der Waals surface area contributed by atoms with Crippen molar-refractivity contribution >= 4 is 11.5 Å². The normalized spacial score (nSPS) is 12.4. The lowest BCUT2D eigenvalue weighted by molar-refractivity contribution is 0.382. The molecular formula is C12H14FN3OS. The topological polar surface area (TPSA) is 47.0 Å². The van der Waals surface area contributed by atoms with Crippen molar-refractivity contribution in [1.29, 1.82) is 0 Å². The van der Waals surface area contributed by atoms with E-state index in [1.54, 1.807) is 24.4 Å². The number of halogens is 1. The first-order valence-corrected chi connectivity index (χ1v) is 6.38. The fourth-order valence-electron chi connectivity index (χ4n) is 1.78. The predicted molar refractivity (Wildman–Crippen MR) is 68.4 cm³/mol. The Morgan fingerprint density at radius 1 is 1.50 bits per heavy atom. The van der Waals surface area contributed by atoms with Crippen LogP contribution in [0, 0.1) is 5.82 Å². The van der Waals surface area contributed by atoms with Crippen LogP contribution in [0.3, 0.4) is 0 Å². The van der Waals surface area contributed by atoms with Crippen molar-refractivity contribution < 1.29 is 9.13 Å². The Morgan fingerprint density at radius 2 is 2.33 bits per heavy atom. The number of nitrogens with zero attached hydrogens (tertiary/aromatic N) is 2. The van der Waals surface area contributed by atoms with E-state index in [1.807, 2.05) is 6.92 Å². The molecule has 2 rings (SSSR count). The summed E-state index contributed by atoms with van der Waals surface area (Å²) < 4.78 is 23.1. The van der Waals surface area contributed by atoms with Gasteiger partial charge in [0.15, 0.2) is 11.6 Å². The monoisotopic (exact) mass is 267 g/mol. The van der Waals surface area contributed by atoms with Crippen LogP contribution in [-0.4, -0.2) is 23.2 Å². The van der Waals surface area contributed by atoms with Gasteiger partial charge in [-0.1, -0.05) is 23.5 Å². The number of hydrogen-bond acceptors (Lipinski definition) is 5. The van der Waals surface area contributed by atoms with E-state index < -0.39 is 0 Å². The van der Waals surface area contributed by atoms with Gasteiger partial charge in [0.1, 0.15) is 0 Å². The van der Waals surface area contributed by atoms with Crippen LogP contribution >= 0.6 is 11.5 Å². The second-order valence-corrected chi connectivity index (χ2v) is 4.49. The van der Waals surface area contributed by atoms with E-state index in [0.717, 1.165) is 11.4 Å². The summed E-state index contributed by atoms with van der Waals surface area (Å²) in [4.78, 5) is 0.879. The molecule has 1 heterocycles. The SMILES string of the molecule is CCNC(c1cnns1)c1cccc(OC)c1F. The molecule has 2 aromatic rings. The van der Waals surface area contributed by atoms with Crippen LogP contribution in [0.2, 0.25) is 0 Å². The lowest BCUT2D eigenvalue weighted by Gasteiger charge is -2.17. The van der Waals surface area contributed by atoms with Crippen molar-refractivity contribution in [3.8, 4) is 5.75 Å². The van der Waals surface area contributed by atoms with Crippen molar-refractivity contribution in [3.63, 3.8) is 0 Å². The van der Waals surface area contributed by atoms with Gasteiger partial charge in [-0.2, -0.15) is 0 Å². The van der Waals surface area contributed by atoms with Crippen molar-refractivity contribution in [2.24, 2.45) is 0 Å². The first-order chi connectivity index (χ1) is 8.77. The Hall–Kier alpha value is -1.53. The fraction of sp³-hybridized carbons (Fsp3) is 0.333. The maximum absolute atomic E-state index is 14.2. The third-order valence-corrected chi connectivity index (χ3v) is 3.32. The van der Waals surface area contributed by atoms with Gasteiger partial charge < -0.3 is 10.1 Å². The zero-order valence-electron chi connectivity index (χ0n) is 10.2. The summed E-state index contributed by atoms with van der Waals surface area (Å²) in [6.45, 7) is 2.69. The smallest absolute Gasteiger partial charge is 0.170 e. The van der Waals surface area contributed by atoms with Crippen LogP contribution < -0.4 is 10.1 Å². The molecule has 0 aliphatic rings. The summed E-state index contributed by atoms with van der Waals surface area (Å²) in [5.74, 6) is -0.104. The summed E-state index contributed by atoms with van der Waals surface area (Å²) in [6.07, 6.45) is 1.65. The number of ether oxygens (including phenoxy) is 1. The molecule has 1 atom stereocenters. The minimum Gasteiger partial charge on any atom is -0.494 e. The zero-order chi connectivity index (χ0) is 13.0. The minimum atomic E-state index is -0.348. The fourth-order valence-corrected chi connectivity index (χ4v) is 2.38. The average molecular weight is 267 g/mol. The third-order valence-electron chi connectivity index (χ3n) is 2.60. The molecule has 0 saturated carbocycles. The largest absolute Gasteiger partial charge is 0.494 e. The Morgan fingerprint density at radius 3 is 2.94 bits per heavy atom. The van der Waals surface area contributed by atoms with Gasteiger partial charge in [-0.3, -0.25) is 0 Å². The molecule has 0 spiro atoms. The van der Waals surface area contributed by atoms with Crippen LogP contribution in [0.4, 0.5) is 4.39 Å². The molecule has 18 heavy (non-hydrogen) atoms. The van der Waals surface area contributed by atoms with E-state index in [2.05, 4.69) is 14.9 Å². The molecule has 0 bridgehead atoms. The maximum Gasteiger partial charge on any atom is 0.170 e. The number of benzene rings is 1. The number of methoxy groups -OCH3 is 1. The van der Waals surface area contributed by atoms with Crippen molar-refractivity contribution in [1.82, 2.24) is 14.9 Å². The molecule has 0 aliphatic heterocycles. The van der Waals surface area contributed by atoms with E-state index in [0.29, 0.717) is 5.56 Å². The highest BCUT2D eigenvalue weighted by molar-refractivity contribution is 7.05. The van der Waals surface area contributed by atoms with Crippen molar-refractivity contribution in [2.75, 3.05) is 13.7 Å². The van der Waals surface area contributed by atoms with Crippen LogP contribution in [0.1, 0.15) is 23.4 Å². The summed E-state index contributed by atoms with van der Waals surface area (Å²) in [5.41, 5.74) is 0.544. The zero-order valence-corrected chi connectivity index (χ0v) is 11.0. The van der Waals surface area contributed by atoms with E-state index in [-0.39, 0.29) is 17.6 Å². The molecule has 1 aromatic heterocycles.